The monoisotopic (exact) mass is 443 g/mol. The van der Waals surface area contributed by atoms with Crippen molar-refractivity contribution < 1.29 is 24.5 Å². The summed E-state index contributed by atoms with van der Waals surface area (Å²) < 4.78 is 10.7. The van der Waals surface area contributed by atoms with Crippen molar-refractivity contribution in [3.8, 4) is 0 Å². The van der Waals surface area contributed by atoms with Crippen molar-refractivity contribution in [3.63, 3.8) is 0 Å². The van der Waals surface area contributed by atoms with Crippen LogP contribution >= 0.6 is 0 Å². The van der Waals surface area contributed by atoms with Gasteiger partial charge in [0.05, 0.1) is 12.6 Å². The Morgan fingerprint density at radius 2 is 1.48 bits per heavy atom. The fourth-order valence-corrected chi connectivity index (χ4v) is 3.86. The van der Waals surface area contributed by atoms with Gasteiger partial charge in [-0.05, 0) is 33.6 Å². The minimum Gasteiger partial charge on any atom is -0.465 e. The Morgan fingerprint density at radius 1 is 0.968 bits per heavy atom. The molecular weight excluding hydrogens is 394 g/mol. The van der Waals surface area contributed by atoms with Crippen LogP contribution < -0.4 is 0 Å². The third kappa shape index (κ3) is 14.6. The molecule has 31 heavy (non-hydrogen) atoms. The molecule has 0 aromatic heterocycles. The maximum absolute atomic E-state index is 11.8. The Bertz CT molecular complexity index is 461. The Labute approximate surface area is 191 Å². The van der Waals surface area contributed by atoms with Gasteiger partial charge in [0.1, 0.15) is 12.9 Å². The zero-order valence-electron chi connectivity index (χ0n) is 20.8. The van der Waals surface area contributed by atoms with Crippen LogP contribution in [0, 0.1) is 0 Å². The van der Waals surface area contributed by atoms with Gasteiger partial charge in [0.2, 0.25) is 0 Å². The van der Waals surface area contributed by atoms with Crippen molar-refractivity contribution in [2.24, 2.45) is 0 Å². The highest BCUT2D eigenvalue weighted by Gasteiger charge is 2.37. The number of carbonyl (C=O) groups is 1. The number of amides is 1. The average molecular weight is 444 g/mol. The van der Waals surface area contributed by atoms with Crippen LogP contribution in [0.5, 0.6) is 0 Å². The highest BCUT2D eigenvalue weighted by molar-refractivity contribution is 5.66. The van der Waals surface area contributed by atoms with E-state index in [9.17, 15) is 15.0 Å². The van der Waals surface area contributed by atoms with Crippen LogP contribution in [0.3, 0.4) is 0 Å². The fraction of sp³-hybridized carbons (Fsp3) is 0.880. The van der Waals surface area contributed by atoms with Crippen molar-refractivity contribution in [1.82, 2.24) is 4.90 Å². The summed E-state index contributed by atoms with van der Waals surface area (Å²) in [5.41, 5.74) is -0.655. The van der Waals surface area contributed by atoms with Crippen LogP contribution in [0.15, 0.2) is 12.2 Å². The molecule has 2 N–H and O–H groups in total. The molecule has 0 aliphatic rings. The lowest BCUT2D eigenvalue weighted by Gasteiger charge is -2.41. The first-order chi connectivity index (χ1) is 14.8. The molecule has 184 valence electrons. The van der Waals surface area contributed by atoms with Gasteiger partial charge < -0.3 is 19.7 Å². The number of unbranched alkanes of at least 4 members (excludes halogenated alkanes) is 11. The lowest BCUT2D eigenvalue weighted by Crippen LogP contribution is -2.57. The number of hydrogen-bond acceptors (Lipinski definition) is 4. The Balaban J connectivity index is 4.38. The number of aliphatic hydroxyl groups excluding tert-OH is 1. The molecule has 0 spiro atoms. The number of nitrogens with zero attached hydrogens (tertiary/aromatic N) is 1. The van der Waals surface area contributed by atoms with E-state index < -0.39 is 23.8 Å². The van der Waals surface area contributed by atoms with E-state index in [0.717, 1.165) is 12.8 Å². The van der Waals surface area contributed by atoms with E-state index in [1.165, 1.54) is 76.2 Å². The van der Waals surface area contributed by atoms with Gasteiger partial charge in [0.15, 0.2) is 0 Å². The van der Waals surface area contributed by atoms with Gasteiger partial charge in [0.25, 0.3) is 0 Å². The molecule has 0 aliphatic heterocycles. The number of allylic oxidation sites excluding steroid dienone is 1. The SMILES string of the molecule is CCCCCCCCCCCCC/C=C/[C@H](OCOC)[C@H](CO)N(C(=O)O)C(C)(C)C. The summed E-state index contributed by atoms with van der Waals surface area (Å²) in [5.74, 6) is 0. The van der Waals surface area contributed by atoms with Crippen molar-refractivity contribution in [2.75, 3.05) is 20.5 Å². The number of rotatable bonds is 19. The van der Waals surface area contributed by atoms with Crippen LogP contribution in [0.25, 0.3) is 0 Å². The zero-order valence-corrected chi connectivity index (χ0v) is 20.8. The van der Waals surface area contributed by atoms with Gasteiger partial charge >= 0.3 is 6.09 Å². The molecule has 0 heterocycles. The van der Waals surface area contributed by atoms with E-state index >= 15 is 0 Å². The number of aliphatic hydroxyl groups is 1. The van der Waals surface area contributed by atoms with Crippen LogP contribution in [0.2, 0.25) is 0 Å². The van der Waals surface area contributed by atoms with E-state index in [2.05, 4.69) is 6.92 Å². The number of methoxy groups -OCH3 is 1. The van der Waals surface area contributed by atoms with Gasteiger partial charge in [-0.1, -0.05) is 83.3 Å². The summed E-state index contributed by atoms with van der Waals surface area (Å²) in [6, 6.07) is -0.693. The number of hydrogen-bond donors (Lipinski definition) is 2. The molecule has 0 saturated carbocycles. The molecular formula is C25H49NO5. The highest BCUT2D eigenvalue weighted by Crippen LogP contribution is 2.22. The van der Waals surface area contributed by atoms with E-state index in [-0.39, 0.29) is 13.4 Å². The van der Waals surface area contributed by atoms with Crippen LogP contribution in [-0.2, 0) is 9.47 Å². The van der Waals surface area contributed by atoms with Crippen LogP contribution in [0.1, 0.15) is 105 Å². The predicted octanol–water partition coefficient (Wildman–Crippen LogP) is 6.37. The lowest BCUT2D eigenvalue weighted by atomic mass is 10.00. The first-order valence-electron chi connectivity index (χ1n) is 12.2. The Hall–Kier alpha value is -1.11. The van der Waals surface area contributed by atoms with Crippen LogP contribution in [0.4, 0.5) is 4.79 Å². The zero-order chi connectivity index (χ0) is 23.5. The Kier molecular flexibility index (Phi) is 17.8. The molecule has 0 bridgehead atoms. The molecule has 0 fully saturated rings. The average Bonchev–Trinajstić information content (AvgIpc) is 2.70. The van der Waals surface area contributed by atoms with Crippen molar-refractivity contribution in [1.29, 1.82) is 0 Å². The molecule has 0 aromatic rings. The minimum atomic E-state index is -1.07. The number of ether oxygens (including phenoxy) is 2. The molecule has 6 nitrogen and oxygen atoms in total. The van der Waals surface area contributed by atoms with E-state index in [0.29, 0.717) is 0 Å². The molecule has 0 unspecified atom stereocenters. The minimum absolute atomic E-state index is 0.0432. The molecule has 0 rings (SSSR count). The summed E-state index contributed by atoms with van der Waals surface area (Å²) in [7, 11) is 1.53. The summed E-state index contributed by atoms with van der Waals surface area (Å²) in [6.45, 7) is 7.41. The van der Waals surface area contributed by atoms with Gasteiger partial charge in [-0.2, -0.15) is 0 Å². The van der Waals surface area contributed by atoms with Crippen molar-refractivity contribution in [2.45, 2.75) is 122 Å². The third-order valence-corrected chi connectivity index (χ3v) is 5.51. The maximum Gasteiger partial charge on any atom is 0.408 e. The summed E-state index contributed by atoms with van der Waals surface area (Å²) in [6.07, 6.45) is 17.6. The predicted molar refractivity (Wildman–Crippen MR) is 127 cm³/mol. The molecule has 2 atom stereocenters. The van der Waals surface area contributed by atoms with Gasteiger partial charge in [0, 0.05) is 12.6 Å². The third-order valence-electron chi connectivity index (χ3n) is 5.51. The molecule has 6 heteroatoms. The Morgan fingerprint density at radius 3 is 1.90 bits per heavy atom. The summed E-state index contributed by atoms with van der Waals surface area (Å²) in [4.78, 5) is 13.1. The van der Waals surface area contributed by atoms with Gasteiger partial charge in [-0.3, -0.25) is 4.90 Å². The van der Waals surface area contributed by atoms with Crippen molar-refractivity contribution >= 4 is 6.09 Å². The second kappa shape index (κ2) is 18.5. The van der Waals surface area contributed by atoms with Gasteiger partial charge in [-0.15, -0.1) is 0 Å². The first-order valence-corrected chi connectivity index (χ1v) is 12.2. The van der Waals surface area contributed by atoms with E-state index in [1.807, 2.05) is 32.9 Å². The van der Waals surface area contributed by atoms with Gasteiger partial charge in [-0.25, -0.2) is 4.79 Å². The molecule has 0 saturated heterocycles. The quantitative estimate of drug-likeness (QED) is 0.138. The summed E-state index contributed by atoms with van der Waals surface area (Å²) in [5, 5.41) is 19.6. The molecule has 0 radical (unpaired) electrons. The molecule has 0 aromatic carbocycles. The largest absolute Gasteiger partial charge is 0.465 e. The molecule has 1 amide bonds. The highest BCUT2D eigenvalue weighted by atomic mass is 16.7. The normalized spacial score (nSPS) is 14.1. The van der Waals surface area contributed by atoms with Crippen LogP contribution in [-0.4, -0.2) is 59.4 Å². The maximum atomic E-state index is 11.8. The number of carboxylic acid groups (broad SMARTS) is 1. The van der Waals surface area contributed by atoms with E-state index in [4.69, 9.17) is 9.47 Å². The topological polar surface area (TPSA) is 79.2 Å². The second-order valence-corrected chi connectivity index (χ2v) is 9.36. The second-order valence-electron chi connectivity index (χ2n) is 9.36. The fourth-order valence-electron chi connectivity index (χ4n) is 3.86. The lowest BCUT2D eigenvalue weighted by molar-refractivity contribution is -0.0953. The van der Waals surface area contributed by atoms with Crippen molar-refractivity contribution in [3.05, 3.63) is 12.2 Å². The first kappa shape index (κ1) is 29.9. The smallest absolute Gasteiger partial charge is 0.408 e. The summed E-state index contributed by atoms with van der Waals surface area (Å²) >= 11 is 0. The standard InChI is InChI=1S/C25H49NO5/c1-6-7-8-9-10-11-12-13-14-15-16-17-18-19-23(31-21-30-5)22(20-27)26(24(28)29)25(2,3)4/h18-19,22-23,27H,6-17,20-21H2,1-5H3,(H,28,29)/b19-18+/t22-,23-/m0/s1. The molecule has 0 aliphatic carbocycles. The van der Waals surface area contributed by atoms with E-state index in [1.54, 1.807) is 0 Å².